The molecule has 0 heterocycles. The van der Waals surface area contributed by atoms with E-state index >= 15 is 0 Å². The Hall–Kier alpha value is -1.38. The molecule has 1 rings (SSSR count). The van der Waals surface area contributed by atoms with E-state index in [0.717, 1.165) is 5.56 Å². The van der Waals surface area contributed by atoms with Gasteiger partial charge in [-0.2, -0.15) is 0 Å². The minimum atomic E-state index is -0.274. The van der Waals surface area contributed by atoms with E-state index in [0.29, 0.717) is 30.7 Å². The van der Waals surface area contributed by atoms with Crippen molar-refractivity contribution < 1.29 is 9.18 Å². The predicted octanol–water partition coefficient (Wildman–Crippen LogP) is 3.41. The first kappa shape index (κ1) is 15.7. The van der Waals surface area contributed by atoms with Gasteiger partial charge >= 0.3 is 0 Å². The predicted molar refractivity (Wildman–Crippen MR) is 76.3 cm³/mol. The van der Waals surface area contributed by atoms with Crippen LogP contribution in [0.1, 0.15) is 33.3 Å². The second kappa shape index (κ2) is 7.27. The first-order valence-electron chi connectivity index (χ1n) is 6.91. The molecule has 1 aromatic carbocycles. The summed E-state index contributed by atoms with van der Waals surface area (Å²) in [6.45, 7) is 9.41. The van der Waals surface area contributed by atoms with Crippen molar-refractivity contribution in [2.75, 3.05) is 6.54 Å². The van der Waals surface area contributed by atoms with Gasteiger partial charge in [0.1, 0.15) is 5.82 Å². The van der Waals surface area contributed by atoms with E-state index in [2.05, 4.69) is 33.0 Å². The van der Waals surface area contributed by atoms with Crippen LogP contribution >= 0.6 is 0 Å². The zero-order valence-corrected chi connectivity index (χ0v) is 12.2. The van der Waals surface area contributed by atoms with Crippen LogP contribution in [0.2, 0.25) is 0 Å². The van der Waals surface area contributed by atoms with E-state index < -0.39 is 0 Å². The fourth-order valence-electron chi connectivity index (χ4n) is 2.32. The van der Waals surface area contributed by atoms with Gasteiger partial charge in [0.25, 0.3) is 0 Å². The molecule has 106 valence electrons. The molecule has 1 aromatic rings. The Labute approximate surface area is 115 Å². The Morgan fingerprint density at radius 3 is 2.11 bits per heavy atom. The molecular weight excluding hydrogens is 241 g/mol. The maximum atomic E-state index is 12.8. The number of rotatable bonds is 6. The summed E-state index contributed by atoms with van der Waals surface area (Å²) >= 11 is 0. The number of carbonyl (C=O) groups is 1. The highest BCUT2D eigenvalue weighted by molar-refractivity contribution is 5.78. The van der Waals surface area contributed by atoms with E-state index in [-0.39, 0.29) is 11.7 Å². The molecule has 0 spiro atoms. The molecule has 0 atom stereocenters. The van der Waals surface area contributed by atoms with Crippen LogP contribution in [-0.4, -0.2) is 12.5 Å². The molecule has 0 aromatic heterocycles. The van der Waals surface area contributed by atoms with Crippen LogP contribution in [0.3, 0.4) is 0 Å². The summed E-state index contributed by atoms with van der Waals surface area (Å²) in [6, 6.07) is 6.07. The van der Waals surface area contributed by atoms with Gasteiger partial charge in [-0.1, -0.05) is 39.8 Å². The molecule has 0 aliphatic carbocycles. The van der Waals surface area contributed by atoms with Crippen molar-refractivity contribution >= 4 is 5.91 Å². The molecule has 0 aliphatic heterocycles. The first-order chi connectivity index (χ1) is 8.90. The molecule has 1 amide bonds. The maximum absolute atomic E-state index is 12.8. The second-order valence-corrected chi connectivity index (χ2v) is 5.76. The lowest BCUT2D eigenvalue weighted by molar-refractivity contribution is -0.120. The van der Waals surface area contributed by atoms with Crippen molar-refractivity contribution in [3.05, 3.63) is 35.6 Å². The standard InChI is InChI=1S/C16H24FNO/c1-11(2)15(12(3)4)10-18-16(19)9-13-5-7-14(17)8-6-13/h5-8,11-12,15H,9-10H2,1-4H3,(H,18,19). The summed E-state index contributed by atoms with van der Waals surface area (Å²) < 4.78 is 12.8. The Bertz CT molecular complexity index is 390. The van der Waals surface area contributed by atoms with Crippen LogP contribution < -0.4 is 5.32 Å². The van der Waals surface area contributed by atoms with E-state index in [4.69, 9.17) is 0 Å². The zero-order chi connectivity index (χ0) is 14.4. The van der Waals surface area contributed by atoms with Crippen molar-refractivity contribution in [1.29, 1.82) is 0 Å². The Kier molecular flexibility index (Phi) is 6.00. The van der Waals surface area contributed by atoms with Gasteiger partial charge in [-0.15, -0.1) is 0 Å². The quantitative estimate of drug-likeness (QED) is 0.839. The summed E-state index contributed by atoms with van der Waals surface area (Å²) in [5.74, 6) is 1.30. The van der Waals surface area contributed by atoms with E-state index in [9.17, 15) is 9.18 Å². The highest BCUT2D eigenvalue weighted by atomic mass is 19.1. The summed E-state index contributed by atoms with van der Waals surface area (Å²) in [5.41, 5.74) is 0.838. The average molecular weight is 265 g/mol. The van der Waals surface area contributed by atoms with Crippen LogP contribution in [0.15, 0.2) is 24.3 Å². The normalized spacial score (nSPS) is 11.4. The molecule has 0 saturated carbocycles. The van der Waals surface area contributed by atoms with Gasteiger partial charge in [-0.3, -0.25) is 4.79 Å². The van der Waals surface area contributed by atoms with Crippen molar-refractivity contribution in [1.82, 2.24) is 5.32 Å². The van der Waals surface area contributed by atoms with Crippen molar-refractivity contribution in [3.8, 4) is 0 Å². The lowest BCUT2D eigenvalue weighted by Crippen LogP contribution is -2.34. The summed E-state index contributed by atoms with van der Waals surface area (Å²) in [4.78, 5) is 11.8. The number of hydrogen-bond acceptors (Lipinski definition) is 1. The Morgan fingerprint density at radius 1 is 1.11 bits per heavy atom. The fourth-order valence-corrected chi connectivity index (χ4v) is 2.32. The van der Waals surface area contributed by atoms with Crippen LogP contribution in [0.5, 0.6) is 0 Å². The molecule has 0 unspecified atom stereocenters. The first-order valence-corrected chi connectivity index (χ1v) is 6.91. The van der Waals surface area contributed by atoms with Gasteiger partial charge in [0, 0.05) is 6.54 Å². The number of carbonyl (C=O) groups excluding carboxylic acids is 1. The third-order valence-corrected chi connectivity index (χ3v) is 3.53. The number of nitrogens with one attached hydrogen (secondary N) is 1. The number of amides is 1. The molecule has 0 aliphatic rings. The van der Waals surface area contributed by atoms with E-state index in [1.165, 1.54) is 12.1 Å². The number of halogens is 1. The highest BCUT2D eigenvalue weighted by Gasteiger charge is 2.18. The molecule has 0 saturated heterocycles. The lowest BCUT2D eigenvalue weighted by atomic mass is 9.85. The molecule has 0 bridgehead atoms. The van der Waals surface area contributed by atoms with Gasteiger partial charge in [0.15, 0.2) is 0 Å². The summed E-state index contributed by atoms with van der Waals surface area (Å²) in [5, 5.41) is 2.98. The smallest absolute Gasteiger partial charge is 0.224 e. The largest absolute Gasteiger partial charge is 0.356 e. The van der Waals surface area contributed by atoms with E-state index in [1.807, 2.05) is 0 Å². The van der Waals surface area contributed by atoms with Crippen LogP contribution in [0, 0.1) is 23.6 Å². The monoisotopic (exact) mass is 265 g/mol. The van der Waals surface area contributed by atoms with Crippen LogP contribution in [0.4, 0.5) is 4.39 Å². The summed E-state index contributed by atoms with van der Waals surface area (Å²) in [6.07, 6.45) is 0.309. The minimum Gasteiger partial charge on any atom is -0.356 e. The molecule has 3 heteroatoms. The van der Waals surface area contributed by atoms with Crippen LogP contribution in [0.25, 0.3) is 0 Å². The van der Waals surface area contributed by atoms with Crippen molar-refractivity contribution in [2.45, 2.75) is 34.1 Å². The SMILES string of the molecule is CC(C)C(CNC(=O)Cc1ccc(F)cc1)C(C)C. The van der Waals surface area contributed by atoms with Gasteiger partial charge in [-0.05, 0) is 35.4 Å². The molecule has 1 N–H and O–H groups in total. The highest BCUT2D eigenvalue weighted by Crippen LogP contribution is 2.19. The van der Waals surface area contributed by atoms with E-state index in [1.54, 1.807) is 12.1 Å². The van der Waals surface area contributed by atoms with Crippen LogP contribution in [-0.2, 0) is 11.2 Å². The molecule has 19 heavy (non-hydrogen) atoms. The molecular formula is C16H24FNO. The molecule has 2 nitrogen and oxygen atoms in total. The third kappa shape index (κ3) is 5.41. The zero-order valence-electron chi connectivity index (χ0n) is 12.2. The minimum absolute atomic E-state index is 0.00194. The average Bonchev–Trinajstić information content (AvgIpc) is 2.31. The van der Waals surface area contributed by atoms with Gasteiger partial charge < -0.3 is 5.32 Å². The summed E-state index contributed by atoms with van der Waals surface area (Å²) in [7, 11) is 0. The number of hydrogen-bond donors (Lipinski definition) is 1. The number of benzene rings is 1. The van der Waals surface area contributed by atoms with Crippen molar-refractivity contribution in [2.24, 2.45) is 17.8 Å². The Morgan fingerprint density at radius 2 is 1.63 bits per heavy atom. The molecule has 0 radical (unpaired) electrons. The van der Waals surface area contributed by atoms with Gasteiger partial charge in [-0.25, -0.2) is 4.39 Å². The lowest BCUT2D eigenvalue weighted by Gasteiger charge is -2.25. The third-order valence-electron chi connectivity index (χ3n) is 3.53. The Balaban J connectivity index is 2.45. The maximum Gasteiger partial charge on any atom is 0.224 e. The topological polar surface area (TPSA) is 29.1 Å². The molecule has 0 fully saturated rings. The fraction of sp³-hybridized carbons (Fsp3) is 0.562. The second-order valence-electron chi connectivity index (χ2n) is 5.76. The van der Waals surface area contributed by atoms with Gasteiger partial charge in [0.2, 0.25) is 5.91 Å². The van der Waals surface area contributed by atoms with Gasteiger partial charge in [0.05, 0.1) is 6.42 Å². The van der Waals surface area contributed by atoms with Crippen molar-refractivity contribution in [3.63, 3.8) is 0 Å².